The van der Waals surface area contributed by atoms with E-state index in [4.69, 9.17) is 0 Å². The number of H-pyrrole nitrogens is 1. The molecule has 0 atom stereocenters. The van der Waals surface area contributed by atoms with Gasteiger partial charge in [0.2, 0.25) is 0 Å². The van der Waals surface area contributed by atoms with Crippen molar-refractivity contribution in [1.82, 2.24) is 20.1 Å². The summed E-state index contributed by atoms with van der Waals surface area (Å²) in [7, 11) is 0. The normalized spacial score (nSPS) is 16.8. The Morgan fingerprint density at radius 3 is 3.10 bits per heavy atom. The number of aromatic nitrogens is 3. The smallest absolute Gasteiger partial charge is 0.260 e. The Balaban J connectivity index is 2.29. The maximum Gasteiger partial charge on any atom is 0.409 e. The number of aliphatic imine (C=N–C) groups is 1. The molecular formula is C5H5N5+. The largest absolute Gasteiger partial charge is 0.409 e. The van der Waals surface area contributed by atoms with Gasteiger partial charge in [-0.25, -0.2) is 4.99 Å². The number of nitrogens with one attached hydrogen (secondary N) is 1. The van der Waals surface area contributed by atoms with E-state index in [0.29, 0.717) is 5.95 Å². The van der Waals surface area contributed by atoms with Gasteiger partial charge >= 0.3 is 5.95 Å². The van der Waals surface area contributed by atoms with Crippen LogP contribution in [-0.2, 0) is 0 Å². The zero-order chi connectivity index (χ0) is 6.81. The molecule has 0 saturated carbocycles. The average molecular weight is 135 g/mol. The number of rotatable bonds is 1. The summed E-state index contributed by atoms with van der Waals surface area (Å²) < 4.78 is 0. The van der Waals surface area contributed by atoms with Crippen LogP contribution >= 0.6 is 0 Å². The van der Waals surface area contributed by atoms with E-state index in [1.165, 1.54) is 6.33 Å². The van der Waals surface area contributed by atoms with Gasteiger partial charge < -0.3 is 0 Å². The first-order chi connectivity index (χ1) is 4.97. The molecule has 0 spiro atoms. The molecular weight excluding hydrogens is 130 g/mol. The molecule has 49 valence electrons. The highest BCUT2D eigenvalue weighted by Crippen LogP contribution is 2.04. The standard InChI is InChI=1S/C5H5N5/c1-2-10(4-6-1)5-7-3-8-9-5/h1-4H,(H,7,8,9)/q+1. The van der Waals surface area contributed by atoms with E-state index in [1.54, 1.807) is 23.6 Å². The first-order valence-corrected chi connectivity index (χ1v) is 2.81. The van der Waals surface area contributed by atoms with Crippen LogP contribution in [-0.4, -0.2) is 21.5 Å². The van der Waals surface area contributed by atoms with E-state index in [0.717, 1.165) is 0 Å². The van der Waals surface area contributed by atoms with Crippen LogP contribution in [0.4, 0.5) is 5.95 Å². The molecule has 0 aromatic carbocycles. The van der Waals surface area contributed by atoms with Crippen molar-refractivity contribution < 1.29 is 0 Å². The molecule has 2 heterocycles. The molecule has 5 heteroatoms. The molecule has 0 unspecified atom stereocenters. The second-order valence-corrected chi connectivity index (χ2v) is 1.77. The second-order valence-electron chi connectivity index (χ2n) is 1.77. The Bertz CT molecular complexity index is 248. The zero-order valence-electron chi connectivity index (χ0n) is 5.10. The van der Waals surface area contributed by atoms with Gasteiger partial charge in [0.15, 0.2) is 6.20 Å². The Hall–Kier alpha value is -1.49. The van der Waals surface area contributed by atoms with E-state index < -0.39 is 0 Å². The van der Waals surface area contributed by atoms with Gasteiger partial charge in [-0.1, -0.05) is 5.10 Å². The average Bonchev–Trinajstić information content (AvgIpc) is 2.59. The zero-order valence-corrected chi connectivity index (χ0v) is 5.10. The highest BCUT2D eigenvalue weighted by molar-refractivity contribution is 5.69. The van der Waals surface area contributed by atoms with Crippen molar-refractivity contribution in [2.24, 2.45) is 4.99 Å². The lowest BCUT2D eigenvalue weighted by Gasteiger charge is -1.84. The molecule has 1 aromatic rings. The van der Waals surface area contributed by atoms with Crippen molar-refractivity contribution in [3.63, 3.8) is 0 Å². The van der Waals surface area contributed by atoms with Gasteiger partial charge in [0.25, 0.3) is 6.34 Å². The predicted molar refractivity (Wildman–Crippen MR) is 35.8 cm³/mol. The molecule has 0 aliphatic carbocycles. The number of hydrogen-bond acceptors (Lipinski definition) is 4. The summed E-state index contributed by atoms with van der Waals surface area (Å²) in [6.45, 7) is 0. The van der Waals surface area contributed by atoms with E-state index in [9.17, 15) is 0 Å². The molecule has 1 radical (unpaired) electrons. The predicted octanol–water partition coefficient (Wildman–Crippen LogP) is 0.0894. The Labute approximate surface area is 57.1 Å². The van der Waals surface area contributed by atoms with Crippen molar-refractivity contribution in [3.05, 3.63) is 18.7 Å². The molecule has 1 aliphatic rings. The summed E-state index contributed by atoms with van der Waals surface area (Å²) in [5.41, 5.74) is 0. The summed E-state index contributed by atoms with van der Waals surface area (Å²) in [6.07, 6.45) is 6.62. The van der Waals surface area contributed by atoms with Crippen LogP contribution in [0, 0.1) is 0 Å². The van der Waals surface area contributed by atoms with Crippen molar-refractivity contribution in [1.29, 1.82) is 0 Å². The lowest BCUT2D eigenvalue weighted by atomic mass is 10.8. The summed E-state index contributed by atoms with van der Waals surface area (Å²) in [5.74, 6) is 0.609. The summed E-state index contributed by atoms with van der Waals surface area (Å²) in [5, 5.41) is 6.45. The van der Waals surface area contributed by atoms with Crippen LogP contribution in [0.2, 0.25) is 0 Å². The van der Waals surface area contributed by atoms with Gasteiger partial charge in [-0.05, 0) is 4.90 Å². The van der Waals surface area contributed by atoms with Crippen LogP contribution < -0.4 is 4.90 Å². The van der Waals surface area contributed by atoms with Gasteiger partial charge in [-0.15, -0.1) is 0 Å². The minimum Gasteiger partial charge on any atom is -0.260 e. The molecule has 1 aliphatic heterocycles. The van der Waals surface area contributed by atoms with Crippen LogP contribution in [0.3, 0.4) is 0 Å². The molecule has 2 rings (SSSR count). The van der Waals surface area contributed by atoms with Crippen molar-refractivity contribution in [2.75, 3.05) is 0 Å². The van der Waals surface area contributed by atoms with E-state index >= 15 is 0 Å². The van der Waals surface area contributed by atoms with Crippen molar-refractivity contribution in [3.8, 4) is 0 Å². The van der Waals surface area contributed by atoms with Gasteiger partial charge in [-0.3, -0.25) is 5.10 Å². The number of nitrogens with zero attached hydrogens (tertiary/aromatic N) is 4. The van der Waals surface area contributed by atoms with E-state index in [-0.39, 0.29) is 0 Å². The Morgan fingerprint density at radius 1 is 1.50 bits per heavy atom. The second kappa shape index (κ2) is 2.03. The van der Waals surface area contributed by atoms with Crippen LogP contribution in [0.15, 0.2) is 23.7 Å². The Morgan fingerprint density at radius 2 is 2.50 bits per heavy atom. The number of hydrogen-bond donors (Lipinski definition) is 1. The number of anilines is 1. The molecule has 0 fully saturated rings. The highest BCUT2D eigenvalue weighted by Gasteiger charge is 2.20. The highest BCUT2D eigenvalue weighted by atomic mass is 15.4. The lowest BCUT2D eigenvalue weighted by molar-refractivity contribution is 0.911. The summed E-state index contributed by atoms with van der Waals surface area (Å²) in [4.78, 5) is 9.48. The molecule has 1 aromatic heterocycles. The van der Waals surface area contributed by atoms with Gasteiger partial charge in [-0.2, -0.15) is 4.98 Å². The fourth-order valence-corrected chi connectivity index (χ4v) is 0.704. The van der Waals surface area contributed by atoms with Crippen molar-refractivity contribution >= 4 is 12.3 Å². The van der Waals surface area contributed by atoms with Gasteiger partial charge in [0.1, 0.15) is 6.33 Å². The third kappa shape index (κ3) is 0.725. The quantitative estimate of drug-likeness (QED) is 0.555. The van der Waals surface area contributed by atoms with Gasteiger partial charge in [0, 0.05) is 0 Å². The maximum atomic E-state index is 3.92. The summed E-state index contributed by atoms with van der Waals surface area (Å²) in [6, 6.07) is 0. The molecule has 0 saturated heterocycles. The van der Waals surface area contributed by atoms with E-state index in [2.05, 4.69) is 20.2 Å². The third-order valence-electron chi connectivity index (χ3n) is 1.14. The van der Waals surface area contributed by atoms with E-state index in [1.807, 2.05) is 0 Å². The maximum absolute atomic E-state index is 3.92. The molecule has 1 N–H and O–H groups in total. The first-order valence-electron chi connectivity index (χ1n) is 2.81. The van der Waals surface area contributed by atoms with Crippen LogP contribution in [0.25, 0.3) is 0 Å². The third-order valence-corrected chi connectivity index (χ3v) is 1.14. The Kier molecular flexibility index (Phi) is 1.08. The molecule has 0 bridgehead atoms. The van der Waals surface area contributed by atoms with Crippen LogP contribution in [0.1, 0.15) is 0 Å². The monoisotopic (exact) mass is 135 g/mol. The molecule has 5 nitrogen and oxygen atoms in total. The first kappa shape index (κ1) is 5.31. The lowest BCUT2D eigenvalue weighted by Crippen LogP contribution is -2.12. The SMILES string of the molecule is C1=C[N+](c2nc[nH]n2)C=N1. The molecule has 0 amide bonds. The van der Waals surface area contributed by atoms with Gasteiger partial charge in [0.05, 0.1) is 6.20 Å². The van der Waals surface area contributed by atoms with Crippen molar-refractivity contribution in [2.45, 2.75) is 0 Å². The van der Waals surface area contributed by atoms with Crippen LogP contribution in [0.5, 0.6) is 0 Å². The minimum atomic E-state index is 0.609. The number of aromatic amines is 1. The molecule has 10 heavy (non-hydrogen) atoms. The summed E-state index contributed by atoms with van der Waals surface area (Å²) >= 11 is 0. The fourth-order valence-electron chi connectivity index (χ4n) is 0.704. The minimum absolute atomic E-state index is 0.609. The topological polar surface area (TPSA) is 59.8 Å². The fraction of sp³-hybridized carbons (Fsp3) is 0.